The standard InChI is InChI=1S/C26H26N2O4S/c1-32-19-7-8-24-22(16-19)21(10-12-27-24)25(29)9-6-18-11-14-28(17-23(18)26(30)31)13-2-4-20-5-3-15-33-20/h3,5,7-8,10,12,15-16,18,23H,6,9,11,13-14,17H2,1H3,(H,30,31)/p-1/t18-,23+/m1/s1. The number of ketones is 1. The third-order valence-corrected chi connectivity index (χ3v) is 6.95. The van der Waals surface area contributed by atoms with Crippen molar-refractivity contribution in [1.82, 2.24) is 9.88 Å². The molecule has 6 nitrogen and oxygen atoms in total. The summed E-state index contributed by atoms with van der Waals surface area (Å²) in [7, 11) is 1.58. The molecule has 0 radical (unpaired) electrons. The molecule has 2 aromatic heterocycles. The van der Waals surface area contributed by atoms with Crippen molar-refractivity contribution in [1.29, 1.82) is 0 Å². The lowest BCUT2D eigenvalue weighted by Crippen LogP contribution is -2.48. The molecule has 4 rings (SSSR count). The predicted octanol–water partition coefficient (Wildman–Crippen LogP) is 3.01. The Bertz CT molecular complexity index is 1200. The zero-order valence-corrected chi connectivity index (χ0v) is 19.3. The number of fused-ring (bicyclic) bond motifs is 1. The molecular weight excluding hydrogens is 436 g/mol. The van der Waals surface area contributed by atoms with E-state index in [-0.39, 0.29) is 18.1 Å². The van der Waals surface area contributed by atoms with Crippen LogP contribution >= 0.6 is 11.3 Å². The fourth-order valence-corrected chi connectivity index (χ4v) is 4.95. The van der Waals surface area contributed by atoms with Gasteiger partial charge in [0.15, 0.2) is 5.78 Å². The van der Waals surface area contributed by atoms with Gasteiger partial charge in [-0.25, -0.2) is 0 Å². The number of ether oxygens (including phenoxy) is 1. The minimum absolute atomic E-state index is 0.0167. The number of hydrogen-bond acceptors (Lipinski definition) is 7. The first-order valence-corrected chi connectivity index (χ1v) is 11.8. The average molecular weight is 462 g/mol. The van der Waals surface area contributed by atoms with Crippen molar-refractivity contribution in [3.05, 3.63) is 58.4 Å². The Hall–Kier alpha value is -3.21. The summed E-state index contributed by atoms with van der Waals surface area (Å²) in [5.74, 6) is 5.14. The van der Waals surface area contributed by atoms with Crippen molar-refractivity contribution in [3.8, 4) is 17.6 Å². The number of carboxylic acid groups (broad SMARTS) is 1. The monoisotopic (exact) mass is 461 g/mol. The van der Waals surface area contributed by atoms with E-state index >= 15 is 0 Å². The summed E-state index contributed by atoms with van der Waals surface area (Å²) in [6.45, 7) is 1.69. The molecule has 1 saturated heterocycles. The maximum absolute atomic E-state index is 13.0. The molecule has 0 unspecified atom stereocenters. The van der Waals surface area contributed by atoms with E-state index in [0.717, 1.165) is 22.3 Å². The summed E-state index contributed by atoms with van der Waals surface area (Å²) >= 11 is 1.59. The van der Waals surface area contributed by atoms with E-state index in [9.17, 15) is 14.7 Å². The number of benzene rings is 1. The quantitative estimate of drug-likeness (QED) is 0.397. The number of rotatable bonds is 7. The highest BCUT2D eigenvalue weighted by atomic mass is 32.1. The Labute approximate surface area is 197 Å². The van der Waals surface area contributed by atoms with Gasteiger partial charge >= 0.3 is 0 Å². The molecule has 3 aromatic rings. The van der Waals surface area contributed by atoms with Gasteiger partial charge in [-0.2, -0.15) is 0 Å². The van der Waals surface area contributed by atoms with Gasteiger partial charge in [0, 0.05) is 42.0 Å². The van der Waals surface area contributed by atoms with Crippen LogP contribution in [0.15, 0.2) is 48.0 Å². The number of aliphatic carboxylic acids is 1. The molecule has 0 N–H and O–H groups in total. The zero-order valence-electron chi connectivity index (χ0n) is 18.5. The lowest BCUT2D eigenvalue weighted by molar-refractivity contribution is -0.314. The van der Waals surface area contributed by atoms with Crippen LogP contribution in [-0.4, -0.2) is 48.4 Å². The highest BCUT2D eigenvalue weighted by Crippen LogP contribution is 2.29. The molecular formula is C26H25N2O4S-. The number of piperidine rings is 1. The van der Waals surface area contributed by atoms with Crippen molar-refractivity contribution in [2.75, 3.05) is 26.7 Å². The molecule has 0 spiro atoms. The number of carbonyl (C=O) groups excluding carboxylic acids is 2. The van der Waals surface area contributed by atoms with Crippen molar-refractivity contribution < 1.29 is 19.4 Å². The van der Waals surface area contributed by atoms with Gasteiger partial charge in [0.25, 0.3) is 0 Å². The lowest BCUT2D eigenvalue weighted by Gasteiger charge is -2.38. The molecule has 170 valence electrons. The first-order chi connectivity index (χ1) is 16.0. The van der Waals surface area contributed by atoms with E-state index in [1.165, 1.54) is 0 Å². The Morgan fingerprint density at radius 3 is 2.94 bits per heavy atom. The molecule has 33 heavy (non-hydrogen) atoms. The summed E-state index contributed by atoms with van der Waals surface area (Å²) in [4.78, 5) is 32.3. The molecule has 1 fully saturated rings. The van der Waals surface area contributed by atoms with Gasteiger partial charge in [0.1, 0.15) is 5.75 Å². The lowest BCUT2D eigenvalue weighted by atomic mass is 9.81. The van der Waals surface area contributed by atoms with E-state index in [2.05, 4.69) is 21.7 Å². The number of Topliss-reactive ketones (excluding diaryl/α,β-unsaturated/α-hetero) is 1. The largest absolute Gasteiger partial charge is 0.550 e. The maximum atomic E-state index is 13.0. The molecule has 1 aromatic carbocycles. The summed E-state index contributed by atoms with van der Waals surface area (Å²) in [6, 6.07) is 11.1. The average Bonchev–Trinajstić information content (AvgIpc) is 3.35. The van der Waals surface area contributed by atoms with E-state index in [0.29, 0.717) is 37.2 Å². The van der Waals surface area contributed by atoms with Crippen LogP contribution in [0.3, 0.4) is 0 Å². The molecule has 7 heteroatoms. The number of aromatic nitrogens is 1. The maximum Gasteiger partial charge on any atom is 0.163 e. The predicted molar refractivity (Wildman–Crippen MR) is 126 cm³/mol. The summed E-state index contributed by atoms with van der Waals surface area (Å²) in [6.07, 6.45) is 3.13. The second kappa shape index (κ2) is 10.6. The van der Waals surface area contributed by atoms with Crippen LogP contribution in [0.2, 0.25) is 0 Å². The normalized spacial score (nSPS) is 18.5. The van der Waals surface area contributed by atoms with Crippen molar-refractivity contribution in [3.63, 3.8) is 0 Å². The van der Waals surface area contributed by atoms with Crippen LogP contribution in [0.5, 0.6) is 5.75 Å². The molecule has 2 atom stereocenters. The van der Waals surface area contributed by atoms with Crippen LogP contribution in [0.4, 0.5) is 0 Å². The third kappa shape index (κ3) is 5.59. The van der Waals surface area contributed by atoms with Crippen LogP contribution in [0.1, 0.15) is 34.5 Å². The van der Waals surface area contributed by atoms with Gasteiger partial charge < -0.3 is 14.6 Å². The number of thiophene rings is 1. The van der Waals surface area contributed by atoms with E-state index < -0.39 is 11.9 Å². The Balaban J connectivity index is 1.39. The molecule has 0 aliphatic carbocycles. The fraction of sp³-hybridized carbons (Fsp3) is 0.346. The molecule has 3 heterocycles. The number of likely N-dealkylation sites (tertiary alicyclic amines) is 1. The molecule has 0 bridgehead atoms. The van der Waals surface area contributed by atoms with Gasteiger partial charge in [0.05, 0.1) is 24.0 Å². The zero-order chi connectivity index (χ0) is 23.2. The van der Waals surface area contributed by atoms with Crippen molar-refractivity contribution in [2.45, 2.75) is 19.3 Å². The van der Waals surface area contributed by atoms with Gasteiger partial charge in [-0.1, -0.05) is 17.9 Å². The number of carbonyl (C=O) groups is 2. The van der Waals surface area contributed by atoms with Crippen molar-refractivity contribution >= 4 is 34.0 Å². The summed E-state index contributed by atoms with van der Waals surface area (Å²) in [5.41, 5.74) is 1.32. The number of carboxylic acids is 1. The molecule has 1 aliphatic rings. The second-order valence-corrected chi connectivity index (χ2v) is 9.14. The third-order valence-electron chi connectivity index (χ3n) is 6.17. The summed E-state index contributed by atoms with van der Waals surface area (Å²) < 4.78 is 5.29. The van der Waals surface area contributed by atoms with E-state index in [1.807, 2.05) is 35.7 Å². The van der Waals surface area contributed by atoms with Gasteiger partial charge in [0.2, 0.25) is 0 Å². The second-order valence-electron chi connectivity index (χ2n) is 8.19. The Kier molecular flexibility index (Phi) is 7.38. The molecule has 0 saturated carbocycles. The highest BCUT2D eigenvalue weighted by Gasteiger charge is 2.30. The first-order valence-electron chi connectivity index (χ1n) is 11.0. The van der Waals surface area contributed by atoms with Crippen LogP contribution < -0.4 is 9.84 Å². The SMILES string of the molecule is COc1ccc2nccc(C(=O)CC[C@@H]3CCN(CC#Cc4cccs4)C[C@@H]3C(=O)[O-])c2c1. The number of methoxy groups -OCH3 is 1. The van der Waals surface area contributed by atoms with Crippen LogP contribution in [0.25, 0.3) is 10.9 Å². The van der Waals surface area contributed by atoms with Gasteiger partial charge in [-0.05, 0) is 61.0 Å². The van der Waals surface area contributed by atoms with Gasteiger partial charge in [-0.15, -0.1) is 11.3 Å². The molecule has 0 amide bonds. The topological polar surface area (TPSA) is 82.6 Å². The number of nitrogens with zero attached hydrogens (tertiary/aromatic N) is 2. The minimum Gasteiger partial charge on any atom is -0.550 e. The first kappa shape index (κ1) is 23.0. The van der Waals surface area contributed by atoms with Crippen LogP contribution in [-0.2, 0) is 4.79 Å². The number of pyridine rings is 1. The van der Waals surface area contributed by atoms with Gasteiger partial charge in [-0.3, -0.25) is 14.7 Å². The Morgan fingerprint density at radius 1 is 1.30 bits per heavy atom. The van der Waals surface area contributed by atoms with Crippen molar-refractivity contribution in [2.24, 2.45) is 11.8 Å². The Morgan fingerprint density at radius 2 is 2.18 bits per heavy atom. The van der Waals surface area contributed by atoms with Crippen LogP contribution in [0, 0.1) is 23.7 Å². The minimum atomic E-state index is -1.05. The highest BCUT2D eigenvalue weighted by molar-refractivity contribution is 7.10. The van der Waals surface area contributed by atoms with E-state index in [1.54, 1.807) is 30.7 Å². The summed E-state index contributed by atoms with van der Waals surface area (Å²) in [5, 5.41) is 14.6. The van der Waals surface area contributed by atoms with E-state index in [4.69, 9.17) is 4.74 Å². The number of hydrogen-bond donors (Lipinski definition) is 0. The smallest absolute Gasteiger partial charge is 0.163 e. The fourth-order valence-electron chi connectivity index (χ4n) is 4.36. The molecule has 1 aliphatic heterocycles.